The predicted molar refractivity (Wildman–Crippen MR) is 84.2 cm³/mol. The van der Waals surface area contributed by atoms with Crippen LogP contribution in [0.2, 0.25) is 0 Å². The molecule has 0 aliphatic heterocycles. The Morgan fingerprint density at radius 3 is 2.13 bits per heavy atom. The van der Waals surface area contributed by atoms with Crippen LogP contribution in [-0.2, 0) is 9.59 Å². The summed E-state index contributed by atoms with van der Waals surface area (Å²) < 4.78 is 25.9. The third-order valence-electron chi connectivity index (χ3n) is 3.27. The molecule has 0 atom stereocenters. The van der Waals surface area contributed by atoms with Crippen LogP contribution in [-0.4, -0.2) is 11.8 Å². The Kier molecular flexibility index (Phi) is 5.05. The second-order valence-electron chi connectivity index (χ2n) is 5.17. The molecular formula is C17H16F2N2O2. The first-order valence-corrected chi connectivity index (χ1v) is 6.98. The topological polar surface area (TPSA) is 58.2 Å². The van der Waals surface area contributed by atoms with Gasteiger partial charge in [-0.2, -0.15) is 0 Å². The molecule has 23 heavy (non-hydrogen) atoms. The molecule has 4 nitrogen and oxygen atoms in total. The third-order valence-corrected chi connectivity index (χ3v) is 3.27. The molecule has 2 amide bonds. The van der Waals surface area contributed by atoms with Gasteiger partial charge in [-0.1, -0.05) is 18.2 Å². The summed E-state index contributed by atoms with van der Waals surface area (Å²) in [5.41, 5.74) is 2.53. The van der Waals surface area contributed by atoms with Crippen molar-refractivity contribution in [1.82, 2.24) is 0 Å². The summed E-state index contributed by atoms with van der Waals surface area (Å²) in [5, 5.41) is 5.03. The molecule has 0 unspecified atom stereocenters. The van der Waals surface area contributed by atoms with E-state index >= 15 is 0 Å². The zero-order chi connectivity index (χ0) is 17.0. The van der Waals surface area contributed by atoms with Gasteiger partial charge < -0.3 is 10.6 Å². The van der Waals surface area contributed by atoms with E-state index in [-0.39, 0.29) is 5.69 Å². The van der Waals surface area contributed by atoms with Crippen molar-refractivity contribution in [2.24, 2.45) is 0 Å². The number of para-hydroxylation sites is 1. The minimum Gasteiger partial charge on any atom is -0.326 e. The second kappa shape index (κ2) is 7.00. The first kappa shape index (κ1) is 16.6. The lowest BCUT2D eigenvalue weighted by atomic mass is 10.1. The molecule has 0 aliphatic carbocycles. The second-order valence-corrected chi connectivity index (χ2v) is 5.17. The van der Waals surface area contributed by atoms with Gasteiger partial charge in [-0.25, -0.2) is 8.78 Å². The average Bonchev–Trinajstić information content (AvgIpc) is 2.47. The highest BCUT2D eigenvalue weighted by Gasteiger charge is 2.13. The molecule has 2 N–H and O–H groups in total. The van der Waals surface area contributed by atoms with Gasteiger partial charge in [-0.05, 0) is 37.1 Å². The zero-order valence-corrected chi connectivity index (χ0v) is 12.7. The van der Waals surface area contributed by atoms with Crippen LogP contribution in [0.15, 0.2) is 36.4 Å². The fourth-order valence-electron chi connectivity index (χ4n) is 2.12. The Bertz CT molecular complexity index is 740. The van der Waals surface area contributed by atoms with Gasteiger partial charge in [-0.15, -0.1) is 0 Å². The van der Waals surface area contributed by atoms with Crippen LogP contribution in [0.4, 0.5) is 20.2 Å². The Morgan fingerprint density at radius 2 is 1.52 bits per heavy atom. The SMILES string of the molecule is Cc1cccc(C)c1NC(=O)CC(=O)Nc1ccc(F)c(F)c1. The van der Waals surface area contributed by atoms with Gasteiger partial charge in [0.2, 0.25) is 11.8 Å². The minimum atomic E-state index is -1.07. The summed E-state index contributed by atoms with van der Waals surface area (Å²) in [6, 6.07) is 8.56. The van der Waals surface area contributed by atoms with Crippen LogP contribution < -0.4 is 10.6 Å². The molecule has 0 heterocycles. The lowest BCUT2D eigenvalue weighted by Gasteiger charge is -2.11. The van der Waals surface area contributed by atoms with Crippen LogP contribution >= 0.6 is 0 Å². The summed E-state index contributed by atoms with van der Waals surface area (Å²) in [6.07, 6.45) is -0.424. The molecule has 2 rings (SSSR count). The number of halogens is 2. The van der Waals surface area contributed by atoms with E-state index in [4.69, 9.17) is 0 Å². The maximum Gasteiger partial charge on any atom is 0.233 e. The van der Waals surface area contributed by atoms with Crippen LogP contribution in [0.3, 0.4) is 0 Å². The van der Waals surface area contributed by atoms with E-state index in [0.29, 0.717) is 5.69 Å². The number of carbonyl (C=O) groups excluding carboxylic acids is 2. The molecule has 0 aliphatic rings. The molecule has 0 radical (unpaired) electrons. The number of nitrogens with one attached hydrogen (secondary N) is 2. The molecule has 0 bridgehead atoms. The van der Waals surface area contributed by atoms with Crippen molar-refractivity contribution in [2.45, 2.75) is 20.3 Å². The van der Waals surface area contributed by atoms with E-state index in [2.05, 4.69) is 10.6 Å². The quantitative estimate of drug-likeness (QED) is 0.847. The fraction of sp³-hybridized carbons (Fsp3) is 0.176. The Morgan fingerprint density at radius 1 is 0.913 bits per heavy atom. The number of anilines is 2. The Balaban J connectivity index is 1.97. The summed E-state index contributed by atoms with van der Waals surface area (Å²) in [6.45, 7) is 3.70. The van der Waals surface area contributed by atoms with E-state index in [1.54, 1.807) is 0 Å². The zero-order valence-electron chi connectivity index (χ0n) is 12.7. The highest BCUT2D eigenvalue weighted by atomic mass is 19.2. The number of amides is 2. The molecule has 2 aromatic rings. The lowest BCUT2D eigenvalue weighted by Crippen LogP contribution is -2.22. The van der Waals surface area contributed by atoms with Crippen molar-refractivity contribution in [2.75, 3.05) is 10.6 Å². The van der Waals surface area contributed by atoms with Crippen molar-refractivity contribution >= 4 is 23.2 Å². The third kappa shape index (κ3) is 4.35. The molecular weight excluding hydrogens is 302 g/mol. The van der Waals surface area contributed by atoms with Crippen LogP contribution in [0, 0.1) is 25.5 Å². The Labute approximate surface area is 132 Å². The van der Waals surface area contributed by atoms with Gasteiger partial charge in [0.05, 0.1) is 0 Å². The molecule has 0 fully saturated rings. The van der Waals surface area contributed by atoms with Crippen molar-refractivity contribution in [3.05, 3.63) is 59.2 Å². The van der Waals surface area contributed by atoms with Crippen molar-refractivity contribution < 1.29 is 18.4 Å². The van der Waals surface area contributed by atoms with Gasteiger partial charge in [-0.3, -0.25) is 9.59 Å². The number of hydrogen-bond donors (Lipinski definition) is 2. The number of benzene rings is 2. The smallest absolute Gasteiger partial charge is 0.233 e. The standard InChI is InChI=1S/C17H16F2N2O2/c1-10-4-3-5-11(2)17(10)21-16(23)9-15(22)20-12-6-7-13(18)14(19)8-12/h3-8H,9H2,1-2H3,(H,20,22)(H,21,23). The number of rotatable bonds is 4. The van der Waals surface area contributed by atoms with Gasteiger partial charge >= 0.3 is 0 Å². The van der Waals surface area contributed by atoms with Gasteiger partial charge in [0, 0.05) is 17.4 Å². The largest absolute Gasteiger partial charge is 0.326 e. The van der Waals surface area contributed by atoms with E-state index in [0.717, 1.165) is 23.3 Å². The number of carbonyl (C=O) groups is 2. The van der Waals surface area contributed by atoms with E-state index in [9.17, 15) is 18.4 Å². The summed E-state index contributed by atoms with van der Waals surface area (Å²) >= 11 is 0. The van der Waals surface area contributed by atoms with Crippen LogP contribution in [0.25, 0.3) is 0 Å². The average molecular weight is 318 g/mol. The maximum absolute atomic E-state index is 13.1. The molecule has 120 valence electrons. The first-order chi connectivity index (χ1) is 10.9. The van der Waals surface area contributed by atoms with Gasteiger partial charge in [0.25, 0.3) is 0 Å². The van der Waals surface area contributed by atoms with Gasteiger partial charge in [0.15, 0.2) is 11.6 Å². The van der Waals surface area contributed by atoms with Crippen molar-refractivity contribution in [3.63, 3.8) is 0 Å². The molecule has 0 saturated heterocycles. The van der Waals surface area contributed by atoms with E-state index < -0.39 is 29.9 Å². The normalized spacial score (nSPS) is 10.3. The highest BCUT2D eigenvalue weighted by Crippen LogP contribution is 2.19. The number of aryl methyl sites for hydroxylation is 2. The maximum atomic E-state index is 13.1. The van der Waals surface area contributed by atoms with Crippen molar-refractivity contribution in [1.29, 1.82) is 0 Å². The summed E-state index contributed by atoms with van der Waals surface area (Å²) in [5.74, 6) is -3.17. The molecule has 2 aromatic carbocycles. The summed E-state index contributed by atoms with van der Waals surface area (Å²) in [4.78, 5) is 23.7. The molecule has 6 heteroatoms. The molecule has 0 saturated carbocycles. The summed E-state index contributed by atoms with van der Waals surface area (Å²) in [7, 11) is 0. The van der Waals surface area contributed by atoms with Gasteiger partial charge in [0.1, 0.15) is 6.42 Å². The number of hydrogen-bond acceptors (Lipinski definition) is 2. The first-order valence-electron chi connectivity index (χ1n) is 6.98. The molecule has 0 spiro atoms. The predicted octanol–water partition coefficient (Wildman–Crippen LogP) is 3.55. The monoisotopic (exact) mass is 318 g/mol. The molecule has 0 aromatic heterocycles. The van der Waals surface area contributed by atoms with E-state index in [1.165, 1.54) is 6.07 Å². The Hall–Kier alpha value is -2.76. The fourth-order valence-corrected chi connectivity index (χ4v) is 2.12. The van der Waals surface area contributed by atoms with E-state index in [1.807, 2.05) is 32.0 Å². The van der Waals surface area contributed by atoms with Crippen molar-refractivity contribution in [3.8, 4) is 0 Å². The highest BCUT2D eigenvalue weighted by molar-refractivity contribution is 6.08. The van der Waals surface area contributed by atoms with Crippen LogP contribution in [0.1, 0.15) is 17.5 Å². The lowest BCUT2D eigenvalue weighted by molar-refractivity contribution is -0.123. The van der Waals surface area contributed by atoms with Crippen LogP contribution in [0.5, 0.6) is 0 Å². The minimum absolute atomic E-state index is 0.0915.